The number of carbonyl (C=O) groups is 1. The van der Waals surface area contributed by atoms with Gasteiger partial charge in [-0.2, -0.15) is 0 Å². The zero-order chi connectivity index (χ0) is 10.1. The molecule has 0 heterocycles. The van der Waals surface area contributed by atoms with Crippen LogP contribution in [0.4, 0.5) is 8.78 Å². The number of aldehydes is 1. The van der Waals surface area contributed by atoms with Gasteiger partial charge in [-0.3, -0.25) is 4.79 Å². The Bertz CT molecular complexity index is 349. The molecule has 0 amide bonds. The van der Waals surface area contributed by atoms with Crippen molar-refractivity contribution in [3.05, 3.63) is 35.4 Å². The van der Waals surface area contributed by atoms with Crippen LogP contribution in [0.2, 0.25) is 0 Å². The Kier molecular flexibility index (Phi) is 2.32. The molecule has 1 aliphatic carbocycles. The summed E-state index contributed by atoms with van der Waals surface area (Å²) in [5.74, 6) is -0.549. The first kappa shape index (κ1) is 9.31. The highest BCUT2D eigenvalue weighted by Gasteiger charge is 2.44. The van der Waals surface area contributed by atoms with E-state index in [9.17, 15) is 13.6 Å². The summed E-state index contributed by atoms with van der Waals surface area (Å²) < 4.78 is 24.5. The lowest BCUT2D eigenvalue weighted by Crippen LogP contribution is -1.95. The molecule has 0 N–H and O–H groups in total. The van der Waals surface area contributed by atoms with Crippen LogP contribution >= 0.6 is 0 Å². The van der Waals surface area contributed by atoms with Crippen molar-refractivity contribution in [1.29, 1.82) is 0 Å². The molecule has 1 aromatic carbocycles. The third-order valence-electron chi connectivity index (χ3n) is 2.64. The molecule has 0 aliphatic heterocycles. The summed E-state index contributed by atoms with van der Waals surface area (Å²) in [7, 11) is 0. The van der Waals surface area contributed by atoms with E-state index < -0.39 is 12.3 Å². The van der Waals surface area contributed by atoms with Gasteiger partial charge in [0.25, 0.3) is 0 Å². The van der Waals surface area contributed by atoms with Crippen LogP contribution in [0.1, 0.15) is 28.3 Å². The fraction of sp³-hybridized carbons (Fsp3) is 0.364. The van der Waals surface area contributed by atoms with E-state index in [0.717, 1.165) is 11.8 Å². The van der Waals surface area contributed by atoms with Crippen LogP contribution in [0, 0.1) is 5.92 Å². The summed E-state index contributed by atoms with van der Waals surface area (Å²) in [4.78, 5) is 10.5. The molecule has 1 fully saturated rings. The lowest BCUT2D eigenvalue weighted by molar-refractivity contribution is 0.112. The Labute approximate surface area is 80.7 Å². The Hall–Kier alpha value is -1.25. The molecule has 2 atom stereocenters. The minimum atomic E-state index is -2.24. The molecule has 2 rings (SSSR count). The molecule has 1 nitrogen and oxygen atoms in total. The average molecular weight is 196 g/mol. The van der Waals surface area contributed by atoms with Gasteiger partial charge < -0.3 is 0 Å². The van der Waals surface area contributed by atoms with E-state index in [-0.39, 0.29) is 5.92 Å². The average Bonchev–Trinajstić information content (AvgIpc) is 2.97. The van der Waals surface area contributed by atoms with Crippen LogP contribution in [0.25, 0.3) is 0 Å². The second kappa shape index (κ2) is 3.48. The van der Waals surface area contributed by atoms with Crippen molar-refractivity contribution in [2.75, 3.05) is 0 Å². The highest BCUT2D eigenvalue weighted by atomic mass is 19.3. The number of hydrogen-bond acceptors (Lipinski definition) is 1. The van der Waals surface area contributed by atoms with Crippen LogP contribution < -0.4 is 0 Å². The van der Waals surface area contributed by atoms with Crippen molar-refractivity contribution in [3.8, 4) is 0 Å². The highest BCUT2D eigenvalue weighted by Crippen LogP contribution is 2.50. The monoisotopic (exact) mass is 196 g/mol. The molecule has 1 saturated carbocycles. The van der Waals surface area contributed by atoms with Gasteiger partial charge >= 0.3 is 0 Å². The maximum Gasteiger partial charge on any atom is 0.242 e. The molecule has 0 saturated heterocycles. The minimum Gasteiger partial charge on any atom is -0.298 e. The van der Waals surface area contributed by atoms with Crippen molar-refractivity contribution >= 4 is 6.29 Å². The van der Waals surface area contributed by atoms with Gasteiger partial charge in [0.15, 0.2) is 0 Å². The topological polar surface area (TPSA) is 17.1 Å². The summed E-state index contributed by atoms with van der Waals surface area (Å²) in [6.07, 6.45) is -0.955. The van der Waals surface area contributed by atoms with Crippen LogP contribution in [0.5, 0.6) is 0 Å². The molecule has 1 aliphatic rings. The predicted molar refractivity (Wildman–Crippen MR) is 48.7 cm³/mol. The number of benzene rings is 1. The third kappa shape index (κ3) is 1.67. The summed E-state index contributed by atoms with van der Waals surface area (Å²) in [6, 6.07) is 6.91. The molecule has 2 unspecified atom stereocenters. The van der Waals surface area contributed by atoms with Gasteiger partial charge in [-0.1, -0.05) is 18.2 Å². The van der Waals surface area contributed by atoms with Crippen LogP contribution in [-0.4, -0.2) is 12.7 Å². The largest absolute Gasteiger partial charge is 0.298 e. The second-order valence-corrected chi connectivity index (χ2v) is 3.63. The smallest absolute Gasteiger partial charge is 0.242 e. The zero-order valence-electron chi connectivity index (χ0n) is 7.49. The normalized spacial score (nSPS) is 25.1. The summed E-state index contributed by atoms with van der Waals surface area (Å²) in [6.45, 7) is 0. The molecular formula is C11H10F2O. The summed E-state index contributed by atoms with van der Waals surface area (Å²) in [5.41, 5.74) is 1.42. The van der Waals surface area contributed by atoms with E-state index in [1.807, 2.05) is 0 Å². The number of halogens is 2. The summed E-state index contributed by atoms with van der Waals surface area (Å²) in [5, 5.41) is 0. The minimum absolute atomic E-state index is 0.0464. The van der Waals surface area contributed by atoms with E-state index in [2.05, 4.69) is 0 Å². The van der Waals surface area contributed by atoms with Gasteiger partial charge in [0.1, 0.15) is 6.29 Å². The maximum absolute atomic E-state index is 12.3. The van der Waals surface area contributed by atoms with Gasteiger partial charge in [0, 0.05) is 11.5 Å². The van der Waals surface area contributed by atoms with Crippen LogP contribution in [-0.2, 0) is 0 Å². The molecule has 0 spiro atoms. The van der Waals surface area contributed by atoms with E-state index in [0.29, 0.717) is 12.0 Å². The van der Waals surface area contributed by atoms with Crippen molar-refractivity contribution in [3.63, 3.8) is 0 Å². The quantitative estimate of drug-likeness (QED) is 0.679. The van der Waals surface area contributed by atoms with E-state index >= 15 is 0 Å². The highest BCUT2D eigenvalue weighted by molar-refractivity contribution is 5.75. The van der Waals surface area contributed by atoms with Crippen LogP contribution in [0.3, 0.4) is 0 Å². The number of hydrogen-bond donors (Lipinski definition) is 0. The Balaban J connectivity index is 2.15. The molecule has 3 heteroatoms. The molecule has 14 heavy (non-hydrogen) atoms. The zero-order valence-corrected chi connectivity index (χ0v) is 7.49. The first-order valence-electron chi connectivity index (χ1n) is 4.55. The molecule has 0 bridgehead atoms. The van der Waals surface area contributed by atoms with E-state index in [1.54, 1.807) is 24.3 Å². The van der Waals surface area contributed by atoms with E-state index in [4.69, 9.17) is 0 Å². The molecule has 0 aromatic heterocycles. The third-order valence-corrected chi connectivity index (χ3v) is 2.64. The predicted octanol–water partition coefficient (Wildman–Crippen LogP) is 2.87. The lowest BCUT2D eigenvalue weighted by atomic mass is 10.1. The standard InChI is InChI=1S/C11H10F2O/c12-11(13)10-5-9(10)8-3-1-2-7(4-8)6-14/h1-4,6,9-11H,5H2. The van der Waals surface area contributed by atoms with Gasteiger partial charge in [0.2, 0.25) is 6.43 Å². The second-order valence-electron chi connectivity index (χ2n) is 3.63. The fourth-order valence-electron chi connectivity index (χ4n) is 1.74. The summed E-state index contributed by atoms with van der Waals surface area (Å²) >= 11 is 0. The molecular weight excluding hydrogens is 186 g/mol. The molecule has 74 valence electrons. The van der Waals surface area contributed by atoms with Gasteiger partial charge in [0.05, 0.1) is 0 Å². The van der Waals surface area contributed by atoms with Crippen molar-refractivity contribution in [2.45, 2.75) is 18.8 Å². The number of carbonyl (C=O) groups excluding carboxylic acids is 1. The fourth-order valence-corrected chi connectivity index (χ4v) is 1.74. The van der Waals surface area contributed by atoms with Crippen LogP contribution in [0.15, 0.2) is 24.3 Å². The Morgan fingerprint density at radius 1 is 1.43 bits per heavy atom. The van der Waals surface area contributed by atoms with Gasteiger partial charge in [-0.05, 0) is 24.0 Å². The number of rotatable bonds is 3. The van der Waals surface area contributed by atoms with Gasteiger partial charge in [-0.25, -0.2) is 8.78 Å². The first-order valence-corrected chi connectivity index (χ1v) is 4.55. The molecule has 1 aromatic rings. The van der Waals surface area contributed by atoms with Gasteiger partial charge in [-0.15, -0.1) is 0 Å². The Morgan fingerprint density at radius 2 is 2.21 bits per heavy atom. The number of alkyl halides is 2. The van der Waals surface area contributed by atoms with Crippen molar-refractivity contribution in [1.82, 2.24) is 0 Å². The SMILES string of the molecule is O=Cc1cccc(C2CC2C(F)F)c1. The maximum atomic E-state index is 12.3. The Morgan fingerprint density at radius 3 is 2.79 bits per heavy atom. The van der Waals surface area contributed by atoms with E-state index in [1.165, 1.54) is 0 Å². The molecule has 0 radical (unpaired) electrons. The van der Waals surface area contributed by atoms with Crippen molar-refractivity contribution < 1.29 is 13.6 Å². The lowest BCUT2D eigenvalue weighted by Gasteiger charge is -2.00. The first-order chi connectivity index (χ1) is 6.72. The van der Waals surface area contributed by atoms with Crippen molar-refractivity contribution in [2.24, 2.45) is 5.92 Å².